The minimum atomic E-state index is 0.598. The monoisotopic (exact) mass is 288 g/mol. The van der Waals surface area contributed by atoms with E-state index in [4.69, 9.17) is 10.5 Å². The number of imidazole rings is 1. The highest BCUT2D eigenvalue weighted by molar-refractivity contribution is 5.79. The van der Waals surface area contributed by atoms with E-state index in [1.54, 1.807) is 7.11 Å². The van der Waals surface area contributed by atoms with Crippen molar-refractivity contribution in [1.29, 1.82) is 0 Å². The van der Waals surface area contributed by atoms with E-state index in [9.17, 15) is 0 Å². The molecule has 21 heavy (non-hydrogen) atoms. The van der Waals surface area contributed by atoms with Crippen molar-refractivity contribution in [2.45, 2.75) is 32.9 Å². The Morgan fingerprint density at radius 3 is 2.90 bits per heavy atom. The number of anilines is 1. The Labute approximate surface area is 125 Å². The number of aromatic nitrogens is 2. The standard InChI is InChI=1S/C16H24N4O/c1-11(2)19-7-6-12(9-19)10-20-15-8-13(21-3)4-5-14(15)18-16(20)17/h4-5,8,11-12H,6-7,9-10H2,1-3H3,(H2,17,18). The maximum Gasteiger partial charge on any atom is 0.201 e. The Morgan fingerprint density at radius 2 is 2.24 bits per heavy atom. The zero-order valence-corrected chi connectivity index (χ0v) is 13.0. The van der Waals surface area contributed by atoms with Crippen molar-refractivity contribution in [3.63, 3.8) is 0 Å². The molecule has 1 fully saturated rings. The fraction of sp³-hybridized carbons (Fsp3) is 0.562. The number of hydrogen-bond donors (Lipinski definition) is 1. The molecule has 0 aliphatic carbocycles. The van der Waals surface area contributed by atoms with Gasteiger partial charge in [-0.05, 0) is 44.9 Å². The van der Waals surface area contributed by atoms with Crippen molar-refractivity contribution in [3.8, 4) is 5.75 Å². The van der Waals surface area contributed by atoms with Crippen LogP contribution >= 0.6 is 0 Å². The Kier molecular flexibility index (Phi) is 3.76. The molecule has 2 N–H and O–H groups in total. The Balaban J connectivity index is 1.85. The third kappa shape index (κ3) is 2.70. The largest absolute Gasteiger partial charge is 0.497 e. The second-order valence-corrected chi connectivity index (χ2v) is 6.18. The molecule has 114 valence electrons. The molecule has 1 saturated heterocycles. The summed E-state index contributed by atoms with van der Waals surface area (Å²) in [5.41, 5.74) is 8.12. The predicted molar refractivity (Wildman–Crippen MR) is 85.5 cm³/mol. The van der Waals surface area contributed by atoms with Gasteiger partial charge in [-0.2, -0.15) is 0 Å². The molecule has 0 amide bonds. The Morgan fingerprint density at radius 1 is 1.43 bits per heavy atom. The second-order valence-electron chi connectivity index (χ2n) is 6.18. The van der Waals surface area contributed by atoms with Gasteiger partial charge in [-0.3, -0.25) is 0 Å². The molecule has 2 aromatic rings. The summed E-state index contributed by atoms with van der Waals surface area (Å²) in [5, 5.41) is 0. The van der Waals surface area contributed by atoms with E-state index in [1.807, 2.05) is 18.2 Å². The first-order chi connectivity index (χ1) is 10.1. The van der Waals surface area contributed by atoms with Gasteiger partial charge in [0.05, 0.1) is 18.1 Å². The molecule has 0 spiro atoms. The first kappa shape index (κ1) is 14.2. The summed E-state index contributed by atoms with van der Waals surface area (Å²) in [7, 11) is 1.68. The molecule has 1 aromatic heterocycles. The molecule has 3 rings (SSSR count). The van der Waals surface area contributed by atoms with Crippen LogP contribution in [0.15, 0.2) is 18.2 Å². The number of likely N-dealkylation sites (tertiary alicyclic amines) is 1. The lowest BCUT2D eigenvalue weighted by Gasteiger charge is -2.20. The SMILES string of the molecule is COc1ccc2nc(N)n(CC3CCN(C(C)C)C3)c2c1. The van der Waals surface area contributed by atoms with Crippen molar-refractivity contribution in [2.24, 2.45) is 5.92 Å². The van der Waals surface area contributed by atoms with Crippen LogP contribution in [0.25, 0.3) is 11.0 Å². The number of methoxy groups -OCH3 is 1. The topological polar surface area (TPSA) is 56.3 Å². The van der Waals surface area contributed by atoms with Crippen LogP contribution in [0.2, 0.25) is 0 Å². The molecule has 0 saturated carbocycles. The van der Waals surface area contributed by atoms with E-state index in [0.29, 0.717) is 17.9 Å². The van der Waals surface area contributed by atoms with Gasteiger partial charge < -0.3 is 19.9 Å². The van der Waals surface area contributed by atoms with Crippen LogP contribution in [-0.2, 0) is 6.54 Å². The average Bonchev–Trinajstić information content (AvgIpc) is 3.05. The van der Waals surface area contributed by atoms with Gasteiger partial charge in [0, 0.05) is 25.2 Å². The van der Waals surface area contributed by atoms with Crippen molar-refractivity contribution in [3.05, 3.63) is 18.2 Å². The molecule has 1 aliphatic heterocycles. The van der Waals surface area contributed by atoms with Gasteiger partial charge in [-0.25, -0.2) is 4.98 Å². The van der Waals surface area contributed by atoms with Gasteiger partial charge in [0.1, 0.15) is 5.75 Å². The van der Waals surface area contributed by atoms with Gasteiger partial charge in [-0.1, -0.05) is 0 Å². The number of hydrogen-bond acceptors (Lipinski definition) is 4. The first-order valence-corrected chi connectivity index (χ1v) is 7.62. The summed E-state index contributed by atoms with van der Waals surface area (Å²) >= 11 is 0. The molecule has 1 aliphatic rings. The number of nitrogens with zero attached hydrogens (tertiary/aromatic N) is 3. The van der Waals surface area contributed by atoms with Gasteiger partial charge in [0.15, 0.2) is 0 Å². The highest BCUT2D eigenvalue weighted by Crippen LogP contribution is 2.27. The highest BCUT2D eigenvalue weighted by atomic mass is 16.5. The fourth-order valence-electron chi connectivity index (χ4n) is 3.18. The summed E-state index contributed by atoms with van der Waals surface area (Å²) < 4.78 is 7.45. The highest BCUT2D eigenvalue weighted by Gasteiger charge is 2.25. The Bertz CT molecular complexity index is 634. The number of benzene rings is 1. The summed E-state index contributed by atoms with van der Waals surface area (Å²) in [6, 6.07) is 6.53. The van der Waals surface area contributed by atoms with Crippen LogP contribution in [0.3, 0.4) is 0 Å². The second kappa shape index (κ2) is 5.56. The average molecular weight is 288 g/mol. The summed E-state index contributed by atoms with van der Waals surface area (Å²) in [6.45, 7) is 7.76. The van der Waals surface area contributed by atoms with E-state index in [-0.39, 0.29) is 0 Å². The van der Waals surface area contributed by atoms with Crippen LogP contribution < -0.4 is 10.5 Å². The molecule has 0 bridgehead atoms. The molecule has 1 aromatic carbocycles. The molecule has 5 nitrogen and oxygen atoms in total. The van der Waals surface area contributed by atoms with Crippen LogP contribution in [0.5, 0.6) is 5.75 Å². The fourth-order valence-corrected chi connectivity index (χ4v) is 3.18. The van der Waals surface area contributed by atoms with Gasteiger partial charge in [0.25, 0.3) is 0 Å². The normalized spacial score (nSPS) is 19.7. The van der Waals surface area contributed by atoms with Crippen molar-refractivity contribution in [1.82, 2.24) is 14.5 Å². The van der Waals surface area contributed by atoms with E-state index in [2.05, 4.69) is 28.3 Å². The number of nitrogen functional groups attached to an aromatic ring is 1. The van der Waals surface area contributed by atoms with Gasteiger partial charge >= 0.3 is 0 Å². The lowest BCUT2D eigenvalue weighted by molar-refractivity contribution is 0.261. The molecular formula is C16H24N4O. The van der Waals surface area contributed by atoms with E-state index in [1.165, 1.54) is 13.0 Å². The summed E-state index contributed by atoms with van der Waals surface area (Å²) in [6.07, 6.45) is 1.22. The van der Waals surface area contributed by atoms with Crippen molar-refractivity contribution < 1.29 is 4.74 Å². The van der Waals surface area contributed by atoms with Crippen LogP contribution in [-0.4, -0.2) is 40.7 Å². The van der Waals surface area contributed by atoms with Gasteiger partial charge in [-0.15, -0.1) is 0 Å². The maximum atomic E-state index is 6.11. The maximum absolute atomic E-state index is 6.11. The molecule has 1 unspecified atom stereocenters. The van der Waals surface area contributed by atoms with Crippen molar-refractivity contribution >= 4 is 17.0 Å². The van der Waals surface area contributed by atoms with E-state index in [0.717, 1.165) is 29.9 Å². The van der Waals surface area contributed by atoms with Crippen molar-refractivity contribution in [2.75, 3.05) is 25.9 Å². The molecule has 1 atom stereocenters. The van der Waals surface area contributed by atoms with Gasteiger partial charge in [0.2, 0.25) is 5.95 Å². The molecule has 5 heteroatoms. The number of fused-ring (bicyclic) bond motifs is 1. The quantitative estimate of drug-likeness (QED) is 0.938. The van der Waals surface area contributed by atoms with Crippen LogP contribution in [0.1, 0.15) is 20.3 Å². The summed E-state index contributed by atoms with van der Waals surface area (Å²) in [4.78, 5) is 6.98. The van der Waals surface area contributed by atoms with E-state index >= 15 is 0 Å². The minimum Gasteiger partial charge on any atom is -0.497 e. The Hall–Kier alpha value is -1.75. The molecule has 2 heterocycles. The number of ether oxygens (including phenoxy) is 1. The zero-order valence-electron chi connectivity index (χ0n) is 13.0. The lowest BCUT2D eigenvalue weighted by Crippen LogP contribution is -2.28. The smallest absolute Gasteiger partial charge is 0.201 e. The molecule has 0 radical (unpaired) electrons. The predicted octanol–water partition coefficient (Wildman–Crippen LogP) is 2.36. The third-order valence-electron chi connectivity index (χ3n) is 4.47. The third-order valence-corrected chi connectivity index (χ3v) is 4.47. The first-order valence-electron chi connectivity index (χ1n) is 7.62. The van der Waals surface area contributed by atoms with Crippen LogP contribution in [0.4, 0.5) is 5.95 Å². The van der Waals surface area contributed by atoms with E-state index < -0.39 is 0 Å². The minimum absolute atomic E-state index is 0.598. The van der Waals surface area contributed by atoms with Crippen LogP contribution in [0, 0.1) is 5.92 Å². The number of rotatable bonds is 4. The zero-order chi connectivity index (χ0) is 15.0. The number of nitrogens with two attached hydrogens (primary N) is 1. The summed E-state index contributed by atoms with van der Waals surface area (Å²) in [5.74, 6) is 2.08. The lowest BCUT2D eigenvalue weighted by atomic mass is 10.1. The molecular weight excluding hydrogens is 264 g/mol.